The third kappa shape index (κ3) is 3.88. The van der Waals surface area contributed by atoms with Crippen LogP contribution < -0.4 is 5.32 Å². The minimum atomic E-state index is -0.0741. The monoisotopic (exact) mass is 391 g/mol. The molecule has 7 nitrogen and oxygen atoms in total. The molecule has 1 aliphatic heterocycles. The van der Waals surface area contributed by atoms with Crippen LogP contribution in [-0.2, 0) is 4.74 Å². The Morgan fingerprint density at radius 1 is 1.24 bits per heavy atom. The van der Waals surface area contributed by atoms with Crippen molar-refractivity contribution in [1.82, 2.24) is 24.8 Å². The van der Waals surface area contributed by atoms with E-state index in [4.69, 9.17) is 4.74 Å². The van der Waals surface area contributed by atoms with Gasteiger partial charge in [-0.3, -0.25) is 14.7 Å². The summed E-state index contributed by atoms with van der Waals surface area (Å²) < 4.78 is 7.71. The van der Waals surface area contributed by atoms with Crippen LogP contribution in [0.2, 0.25) is 0 Å². The Hall–Kier alpha value is -2.77. The summed E-state index contributed by atoms with van der Waals surface area (Å²) in [5, 5.41) is 3.12. The molecule has 29 heavy (non-hydrogen) atoms. The fourth-order valence-corrected chi connectivity index (χ4v) is 4.03. The van der Waals surface area contributed by atoms with Gasteiger partial charge < -0.3 is 14.6 Å². The summed E-state index contributed by atoms with van der Waals surface area (Å²) in [5.41, 5.74) is 3.73. The number of fused-ring (bicyclic) bond motifs is 1. The van der Waals surface area contributed by atoms with E-state index in [1.807, 2.05) is 36.8 Å². The molecule has 3 aromatic rings. The van der Waals surface area contributed by atoms with Crippen molar-refractivity contribution in [3.63, 3.8) is 0 Å². The number of rotatable bonds is 6. The largest absolute Gasteiger partial charge is 0.379 e. The molecule has 2 fully saturated rings. The zero-order valence-corrected chi connectivity index (χ0v) is 16.3. The van der Waals surface area contributed by atoms with E-state index in [0.29, 0.717) is 31.4 Å². The van der Waals surface area contributed by atoms with E-state index in [2.05, 4.69) is 30.8 Å². The summed E-state index contributed by atoms with van der Waals surface area (Å²) in [5.74, 6) is -0.0741. The summed E-state index contributed by atoms with van der Waals surface area (Å²) in [4.78, 5) is 24.0. The standard InChI is InChI=1S/C22H25N5O2/c28-22(16-3-6-20-19(12-16)25-15-27(20)18-4-5-18)24-14-21(17-2-1-7-23-13-17)26-8-10-29-11-9-26/h1-3,6-7,12-13,15,18,21H,4-5,8-11,14H2,(H,24,28)/t21-/m0/s1. The Bertz CT molecular complexity index is 993. The van der Waals surface area contributed by atoms with Gasteiger partial charge in [0.05, 0.1) is 36.6 Å². The number of hydrogen-bond acceptors (Lipinski definition) is 5. The van der Waals surface area contributed by atoms with Crippen LogP contribution in [0, 0.1) is 0 Å². The Morgan fingerprint density at radius 3 is 2.86 bits per heavy atom. The van der Waals surface area contributed by atoms with Crippen molar-refractivity contribution in [2.24, 2.45) is 0 Å². The van der Waals surface area contributed by atoms with Crippen LogP contribution >= 0.6 is 0 Å². The average molecular weight is 391 g/mol. The van der Waals surface area contributed by atoms with E-state index < -0.39 is 0 Å². The zero-order valence-electron chi connectivity index (χ0n) is 16.3. The molecule has 0 radical (unpaired) electrons. The molecule has 0 bridgehead atoms. The van der Waals surface area contributed by atoms with Crippen molar-refractivity contribution in [2.45, 2.75) is 24.9 Å². The highest BCUT2D eigenvalue weighted by Crippen LogP contribution is 2.37. The fourth-order valence-electron chi connectivity index (χ4n) is 4.03. The van der Waals surface area contributed by atoms with Gasteiger partial charge in [-0.15, -0.1) is 0 Å². The predicted octanol–water partition coefficient (Wildman–Crippen LogP) is 2.57. The normalized spacial score (nSPS) is 18.6. The number of amides is 1. The van der Waals surface area contributed by atoms with Crippen LogP contribution in [0.25, 0.3) is 11.0 Å². The number of aromatic nitrogens is 3. The highest BCUT2D eigenvalue weighted by Gasteiger charge is 2.26. The highest BCUT2D eigenvalue weighted by atomic mass is 16.5. The number of benzene rings is 1. The van der Waals surface area contributed by atoms with Crippen molar-refractivity contribution in [1.29, 1.82) is 0 Å². The molecular formula is C22H25N5O2. The molecule has 0 unspecified atom stereocenters. The maximum Gasteiger partial charge on any atom is 0.251 e. The van der Waals surface area contributed by atoms with Crippen molar-refractivity contribution < 1.29 is 9.53 Å². The molecule has 2 aromatic heterocycles. The first kappa shape index (κ1) is 18.3. The summed E-state index contributed by atoms with van der Waals surface area (Å²) in [7, 11) is 0. The van der Waals surface area contributed by atoms with E-state index in [0.717, 1.165) is 29.7 Å². The molecule has 1 saturated carbocycles. The first-order valence-corrected chi connectivity index (χ1v) is 10.3. The SMILES string of the molecule is O=C(NC[C@@H](c1cccnc1)N1CCOCC1)c1ccc2c(c1)ncn2C1CC1. The van der Waals surface area contributed by atoms with Gasteiger partial charge in [0.2, 0.25) is 0 Å². The lowest BCUT2D eigenvalue weighted by atomic mass is 10.1. The maximum absolute atomic E-state index is 12.9. The van der Waals surface area contributed by atoms with E-state index >= 15 is 0 Å². The Balaban J connectivity index is 1.31. The number of morpholine rings is 1. The van der Waals surface area contributed by atoms with Crippen LogP contribution in [-0.4, -0.2) is 58.2 Å². The van der Waals surface area contributed by atoms with E-state index in [-0.39, 0.29) is 11.9 Å². The third-order valence-corrected chi connectivity index (χ3v) is 5.79. The number of pyridine rings is 1. The van der Waals surface area contributed by atoms with Gasteiger partial charge in [-0.25, -0.2) is 4.98 Å². The average Bonchev–Trinajstić information content (AvgIpc) is 3.54. The first-order chi connectivity index (χ1) is 14.3. The second-order valence-corrected chi connectivity index (χ2v) is 7.75. The molecule has 1 N–H and O–H groups in total. The molecule has 150 valence electrons. The number of nitrogens with zero attached hydrogens (tertiary/aromatic N) is 4. The lowest BCUT2D eigenvalue weighted by Crippen LogP contribution is -2.43. The Labute approximate surface area is 169 Å². The van der Waals surface area contributed by atoms with E-state index in [1.165, 1.54) is 12.8 Å². The summed E-state index contributed by atoms with van der Waals surface area (Å²) >= 11 is 0. The number of carbonyl (C=O) groups excluding carboxylic acids is 1. The molecule has 5 rings (SSSR count). The maximum atomic E-state index is 12.9. The van der Waals surface area contributed by atoms with Gasteiger partial charge in [-0.05, 0) is 42.7 Å². The molecule has 1 aromatic carbocycles. The van der Waals surface area contributed by atoms with Gasteiger partial charge in [-0.1, -0.05) is 6.07 Å². The van der Waals surface area contributed by atoms with Crippen molar-refractivity contribution in [3.05, 3.63) is 60.2 Å². The highest BCUT2D eigenvalue weighted by molar-refractivity contribution is 5.97. The van der Waals surface area contributed by atoms with Crippen LogP contribution in [0.1, 0.15) is 40.8 Å². The zero-order chi connectivity index (χ0) is 19.6. The van der Waals surface area contributed by atoms with Crippen molar-refractivity contribution in [3.8, 4) is 0 Å². The van der Waals surface area contributed by atoms with Crippen molar-refractivity contribution >= 4 is 16.9 Å². The van der Waals surface area contributed by atoms with Gasteiger partial charge in [0.25, 0.3) is 5.91 Å². The number of hydrogen-bond donors (Lipinski definition) is 1. The second kappa shape index (κ2) is 7.93. The molecule has 1 amide bonds. The van der Waals surface area contributed by atoms with Gasteiger partial charge in [0.15, 0.2) is 0 Å². The molecule has 0 spiro atoms. The van der Waals surface area contributed by atoms with Gasteiger partial charge in [0, 0.05) is 43.6 Å². The fraction of sp³-hybridized carbons (Fsp3) is 0.409. The number of ether oxygens (including phenoxy) is 1. The lowest BCUT2D eigenvalue weighted by Gasteiger charge is -2.34. The van der Waals surface area contributed by atoms with E-state index in [9.17, 15) is 4.79 Å². The minimum Gasteiger partial charge on any atom is -0.379 e. The molecule has 1 atom stereocenters. The van der Waals surface area contributed by atoms with Gasteiger partial charge in [0.1, 0.15) is 0 Å². The van der Waals surface area contributed by atoms with E-state index in [1.54, 1.807) is 6.20 Å². The minimum absolute atomic E-state index is 0.0741. The lowest BCUT2D eigenvalue weighted by molar-refractivity contribution is 0.0161. The molecule has 3 heterocycles. The smallest absolute Gasteiger partial charge is 0.251 e. The summed E-state index contributed by atoms with van der Waals surface area (Å²) in [6.07, 6.45) is 7.97. The van der Waals surface area contributed by atoms with Crippen LogP contribution in [0.5, 0.6) is 0 Å². The van der Waals surface area contributed by atoms with Crippen LogP contribution in [0.15, 0.2) is 49.1 Å². The molecule has 1 aliphatic carbocycles. The number of carbonyl (C=O) groups is 1. The predicted molar refractivity (Wildman–Crippen MR) is 110 cm³/mol. The second-order valence-electron chi connectivity index (χ2n) is 7.75. The van der Waals surface area contributed by atoms with Gasteiger partial charge >= 0.3 is 0 Å². The molecule has 2 aliphatic rings. The summed E-state index contributed by atoms with van der Waals surface area (Å²) in [6, 6.07) is 10.5. The summed E-state index contributed by atoms with van der Waals surface area (Å²) in [6.45, 7) is 3.65. The Morgan fingerprint density at radius 2 is 2.10 bits per heavy atom. The Kier molecular flexibility index (Phi) is 4.99. The molecule has 1 saturated heterocycles. The number of imidazole rings is 1. The van der Waals surface area contributed by atoms with Crippen LogP contribution in [0.3, 0.4) is 0 Å². The topological polar surface area (TPSA) is 72.3 Å². The first-order valence-electron chi connectivity index (χ1n) is 10.3. The molecular weight excluding hydrogens is 366 g/mol. The third-order valence-electron chi connectivity index (χ3n) is 5.79. The number of nitrogens with one attached hydrogen (secondary N) is 1. The van der Waals surface area contributed by atoms with Crippen molar-refractivity contribution in [2.75, 3.05) is 32.8 Å². The van der Waals surface area contributed by atoms with Gasteiger partial charge in [-0.2, -0.15) is 0 Å². The quantitative estimate of drug-likeness (QED) is 0.699. The molecule has 7 heteroatoms. The van der Waals surface area contributed by atoms with Crippen LogP contribution in [0.4, 0.5) is 0 Å².